The summed E-state index contributed by atoms with van der Waals surface area (Å²) in [6.07, 6.45) is -42.3. The second-order valence-electron chi connectivity index (χ2n) is 9.31. The van der Waals surface area contributed by atoms with Crippen LogP contribution in [0, 0.1) is 29.1 Å². The van der Waals surface area contributed by atoms with Crippen LogP contribution in [0.2, 0.25) is 0 Å². The van der Waals surface area contributed by atoms with Crippen LogP contribution in [0.1, 0.15) is 0 Å². The second-order valence-corrected chi connectivity index (χ2v) is 12.1. The summed E-state index contributed by atoms with van der Waals surface area (Å²) in [5, 5.41) is -5.36. The van der Waals surface area contributed by atoms with Gasteiger partial charge in [0.2, 0.25) is 5.82 Å². The molecule has 0 amide bonds. The molecule has 0 saturated carbocycles. The summed E-state index contributed by atoms with van der Waals surface area (Å²) < 4.78 is 439. The van der Waals surface area contributed by atoms with Crippen LogP contribution in [0.5, 0.6) is 0 Å². The van der Waals surface area contributed by atoms with Crippen LogP contribution in [-0.2, 0) is 8.85 Å². The average molecular weight is 884 g/mol. The zero-order chi connectivity index (χ0) is 43.4. The van der Waals surface area contributed by atoms with Gasteiger partial charge in [-0.05, 0) is 0 Å². The number of rotatable bonds is 12. The molecule has 1 aromatic rings. The van der Waals surface area contributed by atoms with E-state index in [0.717, 1.165) is 0 Å². The van der Waals surface area contributed by atoms with Gasteiger partial charge in [0.25, 0.3) is 0 Å². The number of halogens is 32. The maximum atomic E-state index is 15.3. The van der Waals surface area contributed by atoms with E-state index in [9.17, 15) is 132 Å². The van der Waals surface area contributed by atoms with Gasteiger partial charge in [-0.2, -0.15) is 119 Å². The lowest BCUT2D eigenvalue weighted by molar-refractivity contribution is -0.460. The predicted octanol–water partition coefficient (Wildman–Crippen LogP) is 9.92. The predicted molar refractivity (Wildman–Crippen MR) is 96.5 cm³/mol. The molecule has 0 bridgehead atoms. The maximum absolute atomic E-state index is 15.3. The van der Waals surface area contributed by atoms with E-state index < -0.39 is 115 Å². The zero-order valence-corrected chi connectivity index (χ0v) is 23.4. The zero-order valence-electron chi connectivity index (χ0n) is 22.4. The van der Waals surface area contributed by atoms with Gasteiger partial charge in [0.1, 0.15) is 0 Å². The molecule has 35 heteroatoms. The lowest BCUT2D eigenvalue weighted by atomic mass is 9.91. The summed E-state index contributed by atoms with van der Waals surface area (Å²) >= 11 is 0. The van der Waals surface area contributed by atoms with Crippen molar-refractivity contribution in [3.05, 3.63) is 29.1 Å². The van der Waals surface area contributed by atoms with E-state index in [2.05, 4.69) is 0 Å². The molecule has 0 atom stereocenters. The summed E-state index contributed by atoms with van der Waals surface area (Å²) in [5.74, 6) is -81.2. The second kappa shape index (κ2) is 12.6. The fourth-order valence-corrected chi connectivity index (χ4v) is 6.29. The molecule has 2 nitrogen and oxygen atoms in total. The fraction of sp³-hybridized carbons (Fsp3) is 0.667. The quantitative estimate of drug-likeness (QED) is 0.0902. The molecule has 0 saturated heterocycles. The highest BCUT2D eigenvalue weighted by atomic mass is 28.4. The third kappa shape index (κ3) is 6.54. The van der Waals surface area contributed by atoms with Crippen molar-refractivity contribution in [3.8, 4) is 0 Å². The van der Waals surface area contributed by atoms with Crippen LogP contribution >= 0.6 is 0 Å². The van der Waals surface area contributed by atoms with Gasteiger partial charge in [-0.25, -0.2) is 22.0 Å². The van der Waals surface area contributed by atoms with E-state index >= 15 is 8.78 Å². The molecule has 1 aromatic carbocycles. The van der Waals surface area contributed by atoms with Crippen molar-refractivity contribution in [2.45, 2.75) is 71.8 Å². The molecule has 0 radical (unpaired) electrons. The topological polar surface area (TPSA) is 18.5 Å². The van der Waals surface area contributed by atoms with Crippen molar-refractivity contribution in [2.24, 2.45) is 0 Å². The minimum absolute atomic E-state index is 1.46. The van der Waals surface area contributed by atoms with Gasteiger partial charge < -0.3 is 8.85 Å². The van der Waals surface area contributed by atoms with Gasteiger partial charge in [0.15, 0.2) is 23.3 Å². The Labute approximate surface area is 265 Å². The number of hydrogen-bond acceptors (Lipinski definition) is 2. The molecule has 0 heterocycles. The van der Waals surface area contributed by atoms with E-state index in [4.69, 9.17) is 0 Å². The van der Waals surface area contributed by atoms with Crippen LogP contribution in [0.4, 0.5) is 140 Å². The fourth-order valence-electron chi connectivity index (χ4n) is 3.15. The lowest BCUT2D eigenvalue weighted by Crippen LogP contribution is -2.83. The average Bonchev–Trinajstić information content (AvgIpc) is 2.91. The highest BCUT2D eigenvalue weighted by Crippen LogP contribution is 2.65. The molecule has 53 heavy (non-hydrogen) atoms. The van der Waals surface area contributed by atoms with Crippen molar-refractivity contribution >= 4 is 13.7 Å². The Balaban J connectivity index is 4.80. The molecule has 1 rings (SSSR count). The van der Waals surface area contributed by atoms with E-state index in [1.807, 2.05) is 0 Å². The van der Waals surface area contributed by atoms with E-state index in [0.29, 0.717) is 0 Å². The van der Waals surface area contributed by atoms with E-state index in [1.165, 1.54) is 8.85 Å². The molecule has 312 valence electrons. The molecule has 0 spiro atoms. The van der Waals surface area contributed by atoms with Crippen molar-refractivity contribution in [1.29, 1.82) is 0 Å². The van der Waals surface area contributed by atoms with Gasteiger partial charge in [0, 0.05) is 0 Å². The lowest BCUT2D eigenvalue weighted by Gasteiger charge is -2.47. The summed E-state index contributed by atoms with van der Waals surface area (Å²) in [6.45, 7) is 0. The van der Waals surface area contributed by atoms with E-state index in [-0.39, 0.29) is 0 Å². The monoisotopic (exact) mass is 884 g/mol. The summed E-state index contributed by atoms with van der Waals surface area (Å²) in [4.78, 5) is 0. The minimum atomic E-state index is -11.6. The highest BCUT2D eigenvalue weighted by Gasteiger charge is 2.98. The molecule has 0 aliphatic heterocycles. The largest absolute Gasteiger partial charge is 0.481 e. The van der Waals surface area contributed by atoms with Crippen LogP contribution in [0.3, 0.4) is 0 Å². The Morgan fingerprint density at radius 3 is 0.755 bits per heavy atom. The molecule has 0 aromatic heterocycles. The molecular weight excluding hydrogens is 884 g/mol. The molecular formula is C18F32O2Si. The van der Waals surface area contributed by atoms with Crippen molar-refractivity contribution in [2.75, 3.05) is 0 Å². The molecule has 0 fully saturated rings. The van der Waals surface area contributed by atoms with Gasteiger partial charge >= 0.3 is 80.4 Å². The Morgan fingerprint density at radius 1 is 0.283 bits per heavy atom. The molecule has 0 N–H and O–H groups in total. The third-order valence-corrected chi connectivity index (χ3v) is 9.20. The van der Waals surface area contributed by atoms with Crippen LogP contribution in [0.25, 0.3) is 0 Å². The van der Waals surface area contributed by atoms with Gasteiger partial charge in [-0.15, -0.1) is 0 Å². The molecule has 0 unspecified atom stereocenters. The van der Waals surface area contributed by atoms with Crippen LogP contribution in [-0.4, -0.2) is 80.4 Å². The Morgan fingerprint density at radius 2 is 0.509 bits per heavy atom. The van der Waals surface area contributed by atoms with Gasteiger partial charge in [-0.1, -0.05) is 0 Å². The van der Waals surface area contributed by atoms with Crippen LogP contribution < -0.4 is 5.19 Å². The smallest absolute Gasteiger partial charge is 0.320 e. The third-order valence-electron chi connectivity index (χ3n) is 5.88. The SMILES string of the molecule is Fc1c(F)c(F)c([Si](OC(F)(F)C(F)(F)F)(OC(F)(F)C(F)(F)F)C(F)(F)C(F)(F)C(F)(F)C(F)(F)C(F)(F)C(F)(F)C(F)(F)C(F)(F)F)c(F)c1F. The van der Waals surface area contributed by atoms with E-state index in [1.54, 1.807) is 0 Å². The first kappa shape index (κ1) is 48.1. The number of benzene rings is 1. The Kier molecular flexibility index (Phi) is 11.4. The highest BCUT2D eigenvalue weighted by molar-refractivity contribution is 6.83. The van der Waals surface area contributed by atoms with Crippen LogP contribution in [0.15, 0.2) is 0 Å². The van der Waals surface area contributed by atoms with Gasteiger partial charge in [0.05, 0.1) is 5.19 Å². The van der Waals surface area contributed by atoms with Crippen molar-refractivity contribution in [1.82, 2.24) is 0 Å². The number of alkyl halides is 27. The maximum Gasteiger partial charge on any atom is 0.481 e. The Bertz CT molecular complexity index is 1470. The Hall–Kier alpha value is -2.88. The standard InChI is InChI=1S/C18F32O2Si/c19-1-2(20)4(22)6(5(23)3(1)21)53(51-16(45,46)14(39,40)41,52-17(47,48)15(42,43)44)18(49,50)12(34,35)10(30,31)8(26,27)7(24,25)9(28,29)11(32,33)13(36,37)38. The van der Waals surface area contributed by atoms with Crippen molar-refractivity contribution < 1.29 is 149 Å². The van der Waals surface area contributed by atoms with Gasteiger partial charge in [-0.3, -0.25) is 0 Å². The first-order chi connectivity index (χ1) is 22.6. The van der Waals surface area contributed by atoms with Crippen molar-refractivity contribution in [3.63, 3.8) is 0 Å². The summed E-state index contributed by atoms with van der Waals surface area (Å²) in [5.41, 5.74) is -9.88. The first-order valence-corrected chi connectivity index (χ1v) is 12.9. The first-order valence-electron chi connectivity index (χ1n) is 11.1. The molecule has 0 aliphatic rings. The number of hydrogen-bond donors (Lipinski definition) is 0. The normalized spacial score (nSPS) is 16.1. The minimum Gasteiger partial charge on any atom is -0.320 e. The molecule has 0 aliphatic carbocycles. The summed E-state index contributed by atoms with van der Waals surface area (Å²) in [6, 6.07) is 0. The summed E-state index contributed by atoms with van der Waals surface area (Å²) in [7, 11) is -11.6.